The number of nitrogens with zero attached hydrogens (tertiary/aromatic N) is 1. The van der Waals surface area contributed by atoms with E-state index in [1.165, 1.54) is 0 Å². The molecule has 1 amide bonds. The Morgan fingerprint density at radius 2 is 2.40 bits per heavy atom. The van der Waals surface area contributed by atoms with Gasteiger partial charge in [0.2, 0.25) is 10.0 Å². The first-order valence-electron chi connectivity index (χ1n) is 6.67. The highest BCUT2D eigenvalue weighted by molar-refractivity contribution is 7.90. The number of nitrogens with one attached hydrogen (secondary N) is 2. The van der Waals surface area contributed by atoms with E-state index in [-0.39, 0.29) is 17.4 Å². The van der Waals surface area contributed by atoms with E-state index >= 15 is 0 Å². The number of hydrogen-bond donors (Lipinski definition) is 2. The van der Waals surface area contributed by atoms with Crippen LogP contribution in [0, 0.1) is 5.92 Å². The summed E-state index contributed by atoms with van der Waals surface area (Å²) in [5, 5.41) is 6.55. The van der Waals surface area contributed by atoms with E-state index in [9.17, 15) is 13.2 Å². The van der Waals surface area contributed by atoms with Crippen molar-refractivity contribution in [3.05, 3.63) is 17.5 Å². The predicted octanol–water partition coefficient (Wildman–Crippen LogP) is 0.458. The Kier molecular flexibility index (Phi) is 4.77. The Labute approximate surface area is 118 Å². The molecule has 1 fully saturated rings. The SMILES string of the molecule is CCCc1cc(C(=O)NS(=O)(=O)CC2CCOC2)n[nH]1. The first-order valence-corrected chi connectivity index (χ1v) is 8.32. The van der Waals surface area contributed by atoms with Crippen LogP contribution in [0.3, 0.4) is 0 Å². The highest BCUT2D eigenvalue weighted by Crippen LogP contribution is 2.14. The van der Waals surface area contributed by atoms with E-state index in [0.717, 1.165) is 18.5 Å². The lowest BCUT2D eigenvalue weighted by atomic mass is 10.2. The maximum Gasteiger partial charge on any atom is 0.285 e. The van der Waals surface area contributed by atoms with E-state index in [4.69, 9.17) is 4.74 Å². The molecule has 0 bridgehead atoms. The third kappa shape index (κ3) is 4.04. The van der Waals surface area contributed by atoms with Crippen LogP contribution in [0.25, 0.3) is 0 Å². The molecule has 0 radical (unpaired) electrons. The molecule has 2 rings (SSSR count). The lowest BCUT2D eigenvalue weighted by Gasteiger charge is -2.09. The zero-order valence-electron chi connectivity index (χ0n) is 11.4. The van der Waals surface area contributed by atoms with Crippen LogP contribution >= 0.6 is 0 Å². The van der Waals surface area contributed by atoms with Crippen LogP contribution < -0.4 is 4.72 Å². The van der Waals surface area contributed by atoms with Gasteiger partial charge in [-0.1, -0.05) is 13.3 Å². The van der Waals surface area contributed by atoms with Crippen molar-refractivity contribution in [1.29, 1.82) is 0 Å². The molecule has 1 saturated heterocycles. The molecule has 0 aromatic carbocycles. The summed E-state index contributed by atoms with van der Waals surface area (Å²) in [6, 6.07) is 1.58. The molecule has 0 aliphatic carbocycles. The van der Waals surface area contributed by atoms with Crippen LogP contribution in [0.2, 0.25) is 0 Å². The Hall–Kier alpha value is -1.41. The molecule has 2 N–H and O–H groups in total. The molecular weight excluding hydrogens is 282 g/mol. The van der Waals surface area contributed by atoms with E-state index in [1.807, 2.05) is 6.92 Å². The number of aromatic nitrogens is 2. The number of rotatable bonds is 6. The molecular formula is C12H19N3O4S. The van der Waals surface area contributed by atoms with Gasteiger partial charge in [0.15, 0.2) is 5.69 Å². The summed E-state index contributed by atoms with van der Waals surface area (Å²) in [5.74, 6) is -0.831. The molecule has 20 heavy (non-hydrogen) atoms. The summed E-state index contributed by atoms with van der Waals surface area (Å²) >= 11 is 0. The van der Waals surface area contributed by atoms with Crippen molar-refractivity contribution < 1.29 is 17.9 Å². The Bertz CT molecular complexity index is 561. The number of H-pyrrole nitrogens is 1. The largest absolute Gasteiger partial charge is 0.381 e. The van der Waals surface area contributed by atoms with Gasteiger partial charge in [-0.15, -0.1) is 0 Å². The monoisotopic (exact) mass is 301 g/mol. The maximum atomic E-state index is 11.9. The third-order valence-corrected chi connectivity index (χ3v) is 4.52. The van der Waals surface area contributed by atoms with Gasteiger partial charge in [-0.3, -0.25) is 9.89 Å². The van der Waals surface area contributed by atoms with Crippen LogP contribution in [0.4, 0.5) is 0 Å². The lowest BCUT2D eigenvalue weighted by molar-refractivity contribution is 0.0976. The summed E-state index contributed by atoms with van der Waals surface area (Å²) in [6.45, 7) is 3.01. The third-order valence-electron chi connectivity index (χ3n) is 3.11. The normalized spacial score (nSPS) is 19.1. The first kappa shape index (κ1) is 15.0. The zero-order chi connectivity index (χ0) is 14.6. The van der Waals surface area contributed by atoms with Crippen molar-refractivity contribution in [3.8, 4) is 0 Å². The topological polar surface area (TPSA) is 101 Å². The molecule has 1 aromatic rings. The van der Waals surface area contributed by atoms with Crippen molar-refractivity contribution >= 4 is 15.9 Å². The number of sulfonamides is 1. The maximum absolute atomic E-state index is 11.9. The number of amides is 1. The van der Waals surface area contributed by atoms with Crippen molar-refractivity contribution in [2.24, 2.45) is 5.92 Å². The van der Waals surface area contributed by atoms with Crippen LogP contribution in [0.15, 0.2) is 6.07 Å². The highest BCUT2D eigenvalue weighted by Gasteiger charge is 2.25. The predicted molar refractivity (Wildman–Crippen MR) is 72.8 cm³/mol. The quantitative estimate of drug-likeness (QED) is 0.795. The van der Waals surface area contributed by atoms with Gasteiger partial charge in [0, 0.05) is 18.2 Å². The zero-order valence-corrected chi connectivity index (χ0v) is 12.2. The molecule has 0 saturated carbocycles. The van der Waals surface area contributed by atoms with Crippen LogP contribution in [-0.2, 0) is 21.2 Å². The van der Waals surface area contributed by atoms with E-state index in [2.05, 4.69) is 14.9 Å². The van der Waals surface area contributed by atoms with Crippen molar-refractivity contribution in [1.82, 2.24) is 14.9 Å². The number of aromatic amines is 1. The fourth-order valence-corrected chi connectivity index (χ4v) is 3.49. The van der Waals surface area contributed by atoms with Crippen molar-refractivity contribution in [2.45, 2.75) is 26.2 Å². The van der Waals surface area contributed by atoms with Crippen LogP contribution in [-0.4, -0.2) is 43.5 Å². The first-order chi connectivity index (χ1) is 9.50. The van der Waals surface area contributed by atoms with Gasteiger partial charge in [-0.2, -0.15) is 5.10 Å². The van der Waals surface area contributed by atoms with Crippen molar-refractivity contribution in [3.63, 3.8) is 0 Å². The molecule has 1 aliphatic heterocycles. The van der Waals surface area contributed by atoms with Gasteiger partial charge in [0.1, 0.15) is 0 Å². The number of hydrogen-bond acceptors (Lipinski definition) is 5. The van der Waals surface area contributed by atoms with E-state index < -0.39 is 15.9 Å². The second kappa shape index (κ2) is 6.36. The number of carbonyl (C=O) groups excluding carboxylic acids is 1. The highest BCUT2D eigenvalue weighted by atomic mass is 32.2. The minimum Gasteiger partial charge on any atom is -0.381 e. The van der Waals surface area contributed by atoms with Gasteiger partial charge in [-0.25, -0.2) is 13.1 Å². The molecule has 7 nitrogen and oxygen atoms in total. The molecule has 8 heteroatoms. The van der Waals surface area contributed by atoms with E-state index in [1.54, 1.807) is 6.07 Å². The van der Waals surface area contributed by atoms with Gasteiger partial charge in [-0.05, 0) is 18.9 Å². The number of ether oxygens (including phenoxy) is 1. The van der Waals surface area contributed by atoms with Gasteiger partial charge >= 0.3 is 0 Å². The van der Waals surface area contributed by atoms with Gasteiger partial charge < -0.3 is 4.74 Å². The summed E-state index contributed by atoms with van der Waals surface area (Å²) in [4.78, 5) is 11.8. The number of aryl methyl sites for hydroxylation is 1. The molecule has 1 aliphatic rings. The number of carbonyl (C=O) groups is 1. The van der Waals surface area contributed by atoms with Gasteiger partial charge in [0.25, 0.3) is 5.91 Å². The summed E-state index contributed by atoms with van der Waals surface area (Å²) in [6.07, 6.45) is 2.40. The second-order valence-electron chi connectivity index (χ2n) is 4.97. The molecule has 1 unspecified atom stereocenters. The minimum atomic E-state index is -3.65. The molecule has 0 spiro atoms. The smallest absolute Gasteiger partial charge is 0.285 e. The van der Waals surface area contributed by atoms with Crippen LogP contribution in [0.5, 0.6) is 0 Å². The minimum absolute atomic E-state index is 0.0462. The van der Waals surface area contributed by atoms with Crippen LogP contribution in [0.1, 0.15) is 35.9 Å². The summed E-state index contributed by atoms with van der Waals surface area (Å²) in [5.41, 5.74) is 0.916. The second-order valence-corrected chi connectivity index (χ2v) is 6.74. The standard InChI is InChI=1S/C12H19N3O4S/c1-2-3-10-6-11(14-13-10)12(16)15-20(17,18)8-9-4-5-19-7-9/h6,9H,2-5,7-8H2,1H3,(H,13,14)(H,15,16). The average molecular weight is 301 g/mol. The molecule has 112 valence electrons. The Balaban J connectivity index is 1.94. The molecule has 1 atom stereocenters. The molecule has 2 heterocycles. The summed E-state index contributed by atoms with van der Waals surface area (Å²) < 4.78 is 30.9. The average Bonchev–Trinajstić information content (AvgIpc) is 2.99. The van der Waals surface area contributed by atoms with E-state index in [0.29, 0.717) is 19.6 Å². The summed E-state index contributed by atoms with van der Waals surface area (Å²) in [7, 11) is -3.65. The Morgan fingerprint density at radius 1 is 1.60 bits per heavy atom. The van der Waals surface area contributed by atoms with Gasteiger partial charge in [0.05, 0.1) is 12.4 Å². The molecule has 1 aromatic heterocycles. The Morgan fingerprint density at radius 3 is 3.05 bits per heavy atom. The lowest BCUT2D eigenvalue weighted by Crippen LogP contribution is -2.35. The fourth-order valence-electron chi connectivity index (χ4n) is 2.14. The van der Waals surface area contributed by atoms with Crippen molar-refractivity contribution in [2.75, 3.05) is 19.0 Å². The fraction of sp³-hybridized carbons (Fsp3) is 0.667.